The first kappa shape index (κ1) is 12.4. The third-order valence-corrected chi connectivity index (χ3v) is 3.05. The van der Waals surface area contributed by atoms with Crippen molar-refractivity contribution in [1.82, 2.24) is 9.97 Å². The molecular weight excluding hydrogens is 240 g/mol. The van der Waals surface area contributed by atoms with E-state index in [0.717, 1.165) is 19.6 Å². The van der Waals surface area contributed by atoms with Crippen LogP contribution < -0.4 is 10.6 Å². The number of halogens is 1. The summed E-state index contributed by atoms with van der Waals surface area (Å²) in [5.74, 6) is 1.26. The molecule has 1 aliphatic heterocycles. The van der Waals surface area contributed by atoms with Gasteiger partial charge in [-0.1, -0.05) is 11.6 Å². The van der Waals surface area contributed by atoms with Gasteiger partial charge in [0.25, 0.3) is 0 Å². The molecule has 0 radical (unpaired) electrons. The van der Waals surface area contributed by atoms with Crippen LogP contribution in [0.4, 0.5) is 11.8 Å². The number of nitrogens with zero attached hydrogens (tertiary/aromatic N) is 2. The summed E-state index contributed by atoms with van der Waals surface area (Å²) in [7, 11) is 0. The minimum atomic E-state index is 0.184. The molecule has 2 atom stereocenters. The Morgan fingerprint density at radius 1 is 1.59 bits per heavy atom. The average molecular weight is 257 g/mol. The van der Waals surface area contributed by atoms with E-state index in [2.05, 4.69) is 20.6 Å². The van der Waals surface area contributed by atoms with Crippen molar-refractivity contribution in [2.45, 2.75) is 32.4 Å². The standard InChI is InChI=1S/C11H17ClN4O/c1-3-13-11-14-6-8(12)10(16-11)15-9-4-5-17-7(9)2/h6-7,9H,3-5H2,1-2H3,(H2,13,14,15,16). The maximum atomic E-state index is 6.07. The zero-order chi connectivity index (χ0) is 12.3. The molecule has 1 aliphatic rings. The second-order valence-electron chi connectivity index (χ2n) is 4.04. The van der Waals surface area contributed by atoms with Gasteiger partial charge < -0.3 is 15.4 Å². The lowest BCUT2D eigenvalue weighted by atomic mass is 10.1. The van der Waals surface area contributed by atoms with Crippen LogP contribution in [0.5, 0.6) is 0 Å². The lowest BCUT2D eigenvalue weighted by Gasteiger charge is -2.17. The molecule has 2 rings (SSSR count). The Hall–Kier alpha value is -1.07. The van der Waals surface area contributed by atoms with Crippen LogP contribution in [-0.2, 0) is 4.74 Å². The van der Waals surface area contributed by atoms with E-state index in [-0.39, 0.29) is 12.1 Å². The van der Waals surface area contributed by atoms with Gasteiger partial charge in [-0.25, -0.2) is 4.98 Å². The van der Waals surface area contributed by atoms with Crippen molar-refractivity contribution in [3.8, 4) is 0 Å². The molecule has 5 nitrogen and oxygen atoms in total. The van der Waals surface area contributed by atoms with Gasteiger partial charge in [0.05, 0.1) is 18.3 Å². The van der Waals surface area contributed by atoms with Crippen molar-refractivity contribution in [3.05, 3.63) is 11.2 Å². The van der Waals surface area contributed by atoms with E-state index < -0.39 is 0 Å². The molecule has 0 amide bonds. The number of aromatic nitrogens is 2. The Kier molecular flexibility index (Phi) is 4.02. The minimum Gasteiger partial charge on any atom is -0.376 e. The molecule has 0 bridgehead atoms. The van der Waals surface area contributed by atoms with Gasteiger partial charge in [-0.05, 0) is 20.3 Å². The molecule has 2 N–H and O–H groups in total. The fraction of sp³-hybridized carbons (Fsp3) is 0.636. The first-order valence-electron chi connectivity index (χ1n) is 5.85. The number of rotatable bonds is 4. The molecule has 2 unspecified atom stereocenters. The first-order chi connectivity index (χ1) is 8.20. The Morgan fingerprint density at radius 3 is 3.06 bits per heavy atom. The van der Waals surface area contributed by atoms with Crippen LogP contribution in [0.3, 0.4) is 0 Å². The summed E-state index contributed by atoms with van der Waals surface area (Å²) in [6, 6.07) is 0.261. The van der Waals surface area contributed by atoms with Gasteiger partial charge in [0.15, 0.2) is 5.82 Å². The van der Waals surface area contributed by atoms with Gasteiger partial charge >= 0.3 is 0 Å². The van der Waals surface area contributed by atoms with E-state index in [1.54, 1.807) is 6.20 Å². The third kappa shape index (κ3) is 2.98. The van der Waals surface area contributed by atoms with Crippen molar-refractivity contribution in [3.63, 3.8) is 0 Å². The summed E-state index contributed by atoms with van der Waals surface area (Å²) >= 11 is 6.07. The molecule has 1 fully saturated rings. The lowest BCUT2D eigenvalue weighted by Crippen LogP contribution is -2.27. The van der Waals surface area contributed by atoms with Crippen LogP contribution in [0, 0.1) is 0 Å². The van der Waals surface area contributed by atoms with Gasteiger partial charge in [-0.3, -0.25) is 0 Å². The predicted molar refractivity (Wildman–Crippen MR) is 68.6 cm³/mol. The van der Waals surface area contributed by atoms with E-state index in [9.17, 15) is 0 Å². The molecule has 1 saturated heterocycles. The number of nitrogens with one attached hydrogen (secondary N) is 2. The molecule has 0 aromatic carbocycles. The van der Waals surface area contributed by atoms with Gasteiger partial charge in [-0.2, -0.15) is 4.98 Å². The van der Waals surface area contributed by atoms with E-state index in [4.69, 9.17) is 16.3 Å². The van der Waals surface area contributed by atoms with Gasteiger partial charge in [0, 0.05) is 13.2 Å². The molecule has 0 aliphatic carbocycles. The van der Waals surface area contributed by atoms with Crippen LogP contribution >= 0.6 is 11.6 Å². The van der Waals surface area contributed by atoms with Crippen LogP contribution in [0.1, 0.15) is 20.3 Å². The van der Waals surface area contributed by atoms with Crippen LogP contribution in [0.25, 0.3) is 0 Å². The normalized spacial score (nSPS) is 23.7. The SMILES string of the molecule is CCNc1ncc(Cl)c(NC2CCOC2C)n1. The van der Waals surface area contributed by atoms with E-state index in [1.807, 2.05) is 13.8 Å². The highest BCUT2D eigenvalue weighted by atomic mass is 35.5. The second kappa shape index (κ2) is 5.51. The zero-order valence-corrected chi connectivity index (χ0v) is 10.8. The van der Waals surface area contributed by atoms with Crippen molar-refractivity contribution in [1.29, 1.82) is 0 Å². The van der Waals surface area contributed by atoms with Crippen LogP contribution in [-0.4, -0.2) is 35.3 Å². The number of ether oxygens (including phenoxy) is 1. The largest absolute Gasteiger partial charge is 0.376 e. The Labute approximate surface area is 106 Å². The summed E-state index contributed by atoms with van der Waals surface area (Å²) in [5, 5.41) is 6.90. The fourth-order valence-corrected chi connectivity index (χ4v) is 1.95. The monoisotopic (exact) mass is 256 g/mol. The number of anilines is 2. The minimum absolute atomic E-state index is 0.184. The predicted octanol–water partition coefficient (Wildman–Crippen LogP) is 2.15. The van der Waals surface area contributed by atoms with Crippen molar-refractivity contribution in [2.24, 2.45) is 0 Å². The van der Waals surface area contributed by atoms with E-state index >= 15 is 0 Å². The van der Waals surface area contributed by atoms with Crippen molar-refractivity contribution < 1.29 is 4.74 Å². The maximum absolute atomic E-state index is 6.07. The van der Waals surface area contributed by atoms with Gasteiger partial charge in [-0.15, -0.1) is 0 Å². The van der Waals surface area contributed by atoms with Crippen molar-refractivity contribution >= 4 is 23.4 Å². The molecule has 0 spiro atoms. The molecule has 2 heterocycles. The smallest absolute Gasteiger partial charge is 0.224 e. The molecule has 6 heteroatoms. The maximum Gasteiger partial charge on any atom is 0.224 e. The molecule has 1 aromatic rings. The molecule has 1 aromatic heterocycles. The quantitative estimate of drug-likeness (QED) is 0.865. The van der Waals surface area contributed by atoms with Crippen molar-refractivity contribution in [2.75, 3.05) is 23.8 Å². The summed E-state index contributed by atoms with van der Waals surface area (Å²) in [4.78, 5) is 8.44. The zero-order valence-electron chi connectivity index (χ0n) is 10.0. The third-order valence-electron chi connectivity index (χ3n) is 2.78. The summed E-state index contributed by atoms with van der Waals surface area (Å²) < 4.78 is 5.49. The topological polar surface area (TPSA) is 59.1 Å². The van der Waals surface area contributed by atoms with E-state index in [0.29, 0.717) is 16.8 Å². The molecular formula is C11H17ClN4O. The Balaban J connectivity index is 2.10. The van der Waals surface area contributed by atoms with Gasteiger partial charge in [0.1, 0.15) is 5.02 Å². The number of hydrogen-bond donors (Lipinski definition) is 2. The Morgan fingerprint density at radius 2 is 2.41 bits per heavy atom. The van der Waals surface area contributed by atoms with E-state index in [1.165, 1.54) is 0 Å². The molecule has 17 heavy (non-hydrogen) atoms. The highest BCUT2D eigenvalue weighted by Gasteiger charge is 2.25. The van der Waals surface area contributed by atoms with Crippen LogP contribution in [0.2, 0.25) is 5.02 Å². The molecule has 94 valence electrons. The highest BCUT2D eigenvalue weighted by Crippen LogP contribution is 2.24. The van der Waals surface area contributed by atoms with Gasteiger partial charge in [0.2, 0.25) is 5.95 Å². The lowest BCUT2D eigenvalue weighted by molar-refractivity contribution is 0.121. The summed E-state index contributed by atoms with van der Waals surface area (Å²) in [6.45, 7) is 5.61. The Bertz CT molecular complexity index is 388. The summed E-state index contributed by atoms with van der Waals surface area (Å²) in [6.07, 6.45) is 2.76. The fourth-order valence-electron chi connectivity index (χ4n) is 1.81. The van der Waals surface area contributed by atoms with Crippen LogP contribution in [0.15, 0.2) is 6.20 Å². The second-order valence-corrected chi connectivity index (χ2v) is 4.44. The first-order valence-corrected chi connectivity index (χ1v) is 6.23. The molecule has 0 saturated carbocycles. The number of hydrogen-bond acceptors (Lipinski definition) is 5. The highest BCUT2D eigenvalue weighted by molar-refractivity contribution is 6.32. The average Bonchev–Trinajstić information content (AvgIpc) is 2.70. The summed E-state index contributed by atoms with van der Waals surface area (Å²) in [5.41, 5.74) is 0.